The van der Waals surface area contributed by atoms with E-state index in [0.717, 1.165) is 5.56 Å². The number of ether oxygens (including phenoxy) is 1. The molecule has 0 bridgehead atoms. The number of amides is 1. The van der Waals surface area contributed by atoms with Crippen LogP contribution in [0.1, 0.15) is 23.9 Å². The predicted octanol–water partition coefficient (Wildman–Crippen LogP) is 0.652. The fraction of sp³-hybridized carbons (Fsp3) is 0.308. The Hall–Kier alpha value is -2.97. The number of benzene rings is 1. The number of tetrazole rings is 1. The van der Waals surface area contributed by atoms with Crippen LogP contribution in [-0.2, 0) is 23.2 Å². The summed E-state index contributed by atoms with van der Waals surface area (Å²) < 4.78 is 5.04. The van der Waals surface area contributed by atoms with Crippen LogP contribution in [0.3, 0.4) is 0 Å². The van der Waals surface area contributed by atoms with Crippen LogP contribution in [0.2, 0.25) is 0 Å². The number of carbonyl (C=O) groups excluding carboxylic acids is 1. The standard InChI is InChI=1S/C13H15N5O4/c1-18-16-12(15-17-18)10(7-11(19)20)14-13(21)22-8-9-5-3-2-4-6-9/h2-6,10H,7-8H2,1H3,(H,14,21)(H,19,20)/t10-/m0/s1. The quantitative estimate of drug-likeness (QED) is 0.804. The van der Waals surface area contributed by atoms with Crippen molar-refractivity contribution in [1.29, 1.82) is 0 Å². The zero-order valence-corrected chi connectivity index (χ0v) is 11.8. The molecule has 0 radical (unpaired) electrons. The van der Waals surface area contributed by atoms with Crippen molar-refractivity contribution in [3.8, 4) is 0 Å². The lowest BCUT2D eigenvalue weighted by Crippen LogP contribution is -2.31. The minimum Gasteiger partial charge on any atom is -0.481 e. The molecule has 0 saturated carbocycles. The third kappa shape index (κ3) is 4.54. The maximum absolute atomic E-state index is 11.8. The number of nitrogens with zero attached hydrogens (tertiary/aromatic N) is 4. The van der Waals surface area contributed by atoms with Gasteiger partial charge in [-0.3, -0.25) is 4.79 Å². The van der Waals surface area contributed by atoms with Gasteiger partial charge in [-0.1, -0.05) is 30.3 Å². The fourth-order valence-electron chi connectivity index (χ4n) is 1.73. The van der Waals surface area contributed by atoms with E-state index < -0.39 is 18.1 Å². The molecule has 116 valence electrons. The molecule has 0 fully saturated rings. The number of rotatable bonds is 6. The summed E-state index contributed by atoms with van der Waals surface area (Å²) in [5, 5.41) is 22.5. The molecule has 1 aromatic heterocycles. The van der Waals surface area contributed by atoms with Crippen molar-refractivity contribution in [3.05, 3.63) is 41.7 Å². The monoisotopic (exact) mass is 305 g/mol. The molecule has 2 aromatic rings. The number of aryl methyl sites for hydroxylation is 1. The zero-order chi connectivity index (χ0) is 15.9. The first-order chi connectivity index (χ1) is 10.5. The molecule has 1 heterocycles. The lowest BCUT2D eigenvalue weighted by molar-refractivity contribution is -0.137. The number of carboxylic acid groups (broad SMARTS) is 1. The average Bonchev–Trinajstić information content (AvgIpc) is 2.92. The van der Waals surface area contributed by atoms with Crippen molar-refractivity contribution in [2.24, 2.45) is 7.05 Å². The van der Waals surface area contributed by atoms with E-state index in [0.29, 0.717) is 0 Å². The summed E-state index contributed by atoms with van der Waals surface area (Å²) in [6.07, 6.45) is -1.12. The van der Waals surface area contributed by atoms with E-state index in [1.807, 2.05) is 30.3 Å². The molecule has 2 rings (SSSR count). The molecule has 0 aliphatic rings. The zero-order valence-electron chi connectivity index (χ0n) is 11.8. The Kier molecular flexibility index (Phi) is 5.02. The van der Waals surface area contributed by atoms with Crippen molar-refractivity contribution in [2.45, 2.75) is 19.1 Å². The van der Waals surface area contributed by atoms with E-state index in [4.69, 9.17) is 9.84 Å². The third-order valence-corrected chi connectivity index (χ3v) is 2.72. The maximum atomic E-state index is 11.8. The second kappa shape index (κ2) is 7.16. The Morgan fingerprint density at radius 3 is 2.68 bits per heavy atom. The molecule has 2 N–H and O–H groups in total. The summed E-state index contributed by atoms with van der Waals surface area (Å²) >= 11 is 0. The van der Waals surface area contributed by atoms with Crippen LogP contribution >= 0.6 is 0 Å². The van der Waals surface area contributed by atoms with Gasteiger partial charge in [-0.25, -0.2) is 4.79 Å². The van der Waals surface area contributed by atoms with Gasteiger partial charge in [0.25, 0.3) is 0 Å². The van der Waals surface area contributed by atoms with Gasteiger partial charge < -0.3 is 15.2 Å². The van der Waals surface area contributed by atoms with Crippen LogP contribution in [0, 0.1) is 0 Å². The lowest BCUT2D eigenvalue weighted by Gasteiger charge is -2.13. The third-order valence-electron chi connectivity index (χ3n) is 2.72. The van der Waals surface area contributed by atoms with E-state index in [9.17, 15) is 9.59 Å². The van der Waals surface area contributed by atoms with Gasteiger partial charge in [0, 0.05) is 0 Å². The van der Waals surface area contributed by atoms with Gasteiger partial charge in [0.2, 0.25) is 0 Å². The molecule has 1 atom stereocenters. The highest BCUT2D eigenvalue weighted by atomic mass is 16.5. The second-order valence-corrected chi connectivity index (χ2v) is 4.49. The van der Waals surface area contributed by atoms with Crippen LogP contribution in [0.25, 0.3) is 0 Å². The Bertz CT molecular complexity index is 643. The van der Waals surface area contributed by atoms with Crippen LogP contribution in [0.15, 0.2) is 30.3 Å². The molecule has 0 aliphatic heterocycles. The van der Waals surface area contributed by atoms with E-state index >= 15 is 0 Å². The summed E-state index contributed by atoms with van der Waals surface area (Å²) in [7, 11) is 1.54. The first-order valence-corrected chi connectivity index (χ1v) is 6.47. The van der Waals surface area contributed by atoms with Crippen LogP contribution < -0.4 is 5.32 Å². The number of carboxylic acids is 1. The van der Waals surface area contributed by atoms with Gasteiger partial charge >= 0.3 is 12.1 Å². The highest BCUT2D eigenvalue weighted by Gasteiger charge is 2.23. The molecule has 0 spiro atoms. The van der Waals surface area contributed by atoms with Crippen LogP contribution in [0.4, 0.5) is 4.79 Å². The summed E-state index contributed by atoms with van der Waals surface area (Å²) in [5.41, 5.74) is 0.824. The van der Waals surface area contributed by atoms with E-state index in [1.54, 1.807) is 7.05 Å². The Morgan fingerprint density at radius 2 is 2.09 bits per heavy atom. The largest absolute Gasteiger partial charge is 0.481 e. The van der Waals surface area contributed by atoms with E-state index in [2.05, 4.69) is 20.7 Å². The average molecular weight is 305 g/mol. The minimum absolute atomic E-state index is 0.0837. The first kappa shape index (κ1) is 15.4. The van der Waals surface area contributed by atoms with Crippen molar-refractivity contribution in [1.82, 2.24) is 25.5 Å². The van der Waals surface area contributed by atoms with E-state index in [-0.39, 0.29) is 18.9 Å². The Morgan fingerprint density at radius 1 is 1.36 bits per heavy atom. The topological polar surface area (TPSA) is 119 Å². The second-order valence-electron chi connectivity index (χ2n) is 4.49. The molecule has 22 heavy (non-hydrogen) atoms. The van der Waals surface area contributed by atoms with E-state index in [1.165, 1.54) is 4.80 Å². The van der Waals surface area contributed by atoms with Gasteiger partial charge in [0.1, 0.15) is 12.6 Å². The summed E-state index contributed by atoms with van der Waals surface area (Å²) in [4.78, 5) is 23.8. The maximum Gasteiger partial charge on any atom is 0.408 e. The molecular weight excluding hydrogens is 290 g/mol. The van der Waals surface area contributed by atoms with Crippen LogP contribution in [-0.4, -0.2) is 37.4 Å². The molecule has 9 heteroatoms. The molecule has 0 saturated heterocycles. The molecule has 1 amide bonds. The number of hydrogen-bond acceptors (Lipinski definition) is 6. The molecule has 0 unspecified atom stereocenters. The summed E-state index contributed by atoms with van der Waals surface area (Å²) in [5.74, 6) is -0.984. The minimum atomic E-state index is -1.10. The van der Waals surface area contributed by atoms with Gasteiger partial charge in [0.15, 0.2) is 5.82 Å². The van der Waals surface area contributed by atoms with Gasteiger partial charge in [-0.2, -0.15) is 4.80 Å². The molecule has 1 aromatic carbocycles. The van der Waals surface area contributed by atoms with Gasteiger partial charge in [-0.15, -0.1) is 10.2 Å². The number of alkyl carbamates (subject to hydrolysis) is 1. The van der Waals surface area contributed by atoms with Gasteiger partial charge in [-0.05, 0) is 10.8 Å². The molecule has 0 aliphatic carbocycles. The highest BCUT2D eigenvalue weighted by Crippen LogP contribution is 2.12. The normalized spacial score (nSPS) is 11.7. The van der Waals surface area contributed by atoms with Crippen molar-refractivity contribution < 1.29 is 19.4 Å². The first-order valence-electron chi connectivity index (χ1n) is 6.47. The smallest absolute Gasteiger partial charge is 0.408 e. The lowest BCUT2D eigenvalue weighted by atomic mass is 10.2. The number of nitrogens with one attached hydrogen (secondary N) is 1. The Balaban J connectivity index is 1.94. The summed E-state index contributed by atoms with van der Waals surface area (Å²) in [6.45, 7) is 0.0837. The van der Waals surface area contributed by atoms with Crippen molar-refractivity contribution >= 4 is 12.1 Å². The number of hydrogen-bond donors (Lipinski definition) is 2. The number of aromatic nitrogens is 4. The summed E-state index contributed by atoms with van der Waals surface area (Å²) in [6, 6.07) is 8.22. The highest BCUT2D eigenvalue weighted by molar-refractivity contribution is 5.71. The Labute approximate surface area is 125 Å². The number of carbonyl (C=O) groups is 2. The molecular formula is C13H15N5O4. The fourth-order valence-corrected chi connectivity index (χ4v) is 1.73. The number of aliphatic carboxylic acids is 1. The van der Waals surface area contributed by atoms with Gasteiger partial charge in [0.05, 0.1) is 13.5 Å². The predicted molar refractivity (Wildman–Crippen MR) is 73.6 cm³/mol. The van der Waals surface area contributed by atoms with Crippen molar-refractivity contribution in [2.75, 3.05) is 0 Å². The van der Waals surface area contributed by atoms with Crippen molar-refractivity contribution in [3.63, 3.8) is 0 Å². The van der Waals surface area contributed by atoms with Crippen LogP contribution in [0.5, 0.6) is 0 Å². The SMILES string of the molecule is Cn1nnc([C@H](CC(=O)O)NC(=O)OCc2ccccc2)n1. The molecule has 9 nitrogen and oxygen atoms in total.